The van der Waals surface area contributed by atoms with E-state index in [-0.39, 0.29) is 18.0 Å². The standard InChI is InChI=1S/C14H19N3O2/c1-9(2)7-12-13(18)17(14(19)16-12)8-10-3-5-11(15)6-4-10/h3-6,9,12H,7-8,15H2,1-2H3,(H,16,19). The van der Waals surface area contributed by atoms with E-state index >= 15 is 0 Å². The number of nitrogens with one attached hydrogen (secondary N) is 1. The van der Waals surface area contributed by atoms with Gasteiger partial charge in [-0.1, -0.05) is 26.0 Å². The van der Waals surface area contributed by atoms with Crippen LogP contribution in [0.15, 0.2) is 24.3 Å². The molecule has 3 N–H and O–H groups in total. The topological polar surface area (TPSA) is 75.4 Å². The summed E-state index contributed by atoms with van der Waals surface area (Å²) >= 11 is 0. The monoisotopic (exact) mass is 261 g/mol. The zero-order chi connectivity index (χ0) is 14.0. The van der Waals surface area contributed by atoms with E-state index in [1.165, 1.54) is 4.90 Å². The molecular weight excluding hydrogens is 242 g/mol. The van der Waals surface area contributed by atoms with Crippen molar-refractivity contribution in [1.82, 2.24) is 10.2 Å². The largest absolute Gasteiger partial charge is 0.399 e. The minimum atomic E-state index is -0.388. The number of amides is 3. The molecule has 1 fully saturated rings. The summed E-state index contributed by atoms with van der Waals surface area (Å²) in [7, 11) is 0. The summed E-state index contributed by atoms with van der Waals surface area (Å²) in [5.74, 6) is 0.223. The zero-order valence-electron chi connectivity index (χ0n) is 11.2. The number of hydrogen-bond donors (Lipinski definition) is 2. The molecule has 102 valence electrons. The predicted molar refractivity (Wildman–Crippen MR) is 73.2 cm³/mol. The van der Waals surface area contributed by atoms with Crippen LogP contribution >= 0.6 is 0 Å². The van der Waals surface area contributed by atoms with Crippen molar-refractivity contribution in [3.8, 4) is 0 Å². The van der Waals surface area contributed by atoms with Crippen molar-refractivity contribution >= 4 is 17.6 Å². The predicted octanol–water partition coefficient (Wildman–Crippen LogP) is 1.74. The summed E-state index contributed by atoms with van der Waals surface area (Å²) in [6.45, 7) is 4.35. The van der Waals surface area contributed by atoms with Crippen molar-refractivity contribution in [2.45, 2.75) is 32.9 Å². The molecule has 1 atom stereocenters. The molecule has 1 unspecified atom stereocenters. The van der Waals surface area contributed by atoms with Gasteiger partial charge in [-0.3, -0.25) is 9.69 Å². The minimum Gasteiger partial charge on any atom is -0.399 e. The molecule has 5 nitrogen and oxygen atoms in total. The number of nitrogens with two attached hydrogens (primary N) is 1. The van der Waals surface area contributed by atoms with Crippen LogP contribution in [0.2, 0.25) is 0 Å². The zero-order valence-corrected chi connectivity index (χ0v) is 11.2. The van der Waals surface area contributed by atoms with E-state index in [1.54, 1.807) is 12.1 Å². The first kappa shape index (κ1) is 13.4. The summed E-state index contributed by atoms with van der Waals surface area (Å²) in [5, 5.41) is 2.73. The quantitative estimate of drug-likeness (QED) is 0.640. The number of benzene rings is 1. The Morgan fingerprint density at radius 3 is 2.47 bits per heavy atom. The number of hydrogen-bond acceptors (Lipinski definition) is 3. The van der Waals surface area contributed by atoms with Crippen LogP contribution in [0.25, 0.3) is 0 Å². The van der Waals surface area contributed by atoms with E-state index in [9.17, 15) is 9.59 Å². The van der Waals surface area contributed by atoms with Crippen LogP contribution in [0.5, 0.6) is 0 Å². The van der Waals surface area contributed by atoms with Crippen LogP contribution in [0, 0.1) is 5.92 Å². The second-order valence-electron chi connectivity index (χ2n) is 5.30. The summed E-state index contributed by atoms with van der Waals surface area (Å²) < 4.78 is 0. The third kappa shape index (κ3) is 3.05. The molecule has 0 aromatic heterocycles. The van der Waals surface area contributed by atoms with Gasteiger partial charge in [0.25, 0.3) is 5.91 Å². The number of nitrogens with zero attached hydrogens (tertiary/aromatic N) is 1. The maximum absolute atomic E-state index is 12.1. The molecule has 0 saturated carbocycles. The molecule has 1 saturated heterocycles. The maximum atomic E-state index is 12.1. The second-order valence-corrected chi connectivity index (χ2v) is 5.30. The molecular formula is C14H19N3O2. The van der Waals surface area contributed by atoms with Gasteiger partial charge in [-0.15, -0.1) is 0 Å². The number of imide groups is 1. The number of anilines is 1. The number of carbonyl (C=O) groups is 2. The normalized spacial score (nSPS) is 19.1. The van der Waals surface area contributed by atoms with Gasteiger partial charge in [0.05, 0.1) is 6.54 Å². The molecule has 0 bridgehead atoms. The molecule has 0 radical (unpaired) electrons. The number of rotatable bonds is 4. The first-order valence-electron chi connectivity index (χ1n) is 6.43. The third-order valence-electron chi connectivity index (χ3n) is 3.13. The Balaban J connectivity index is 2.06. The first-order valence-corrected chi connectivity index (χ1v) is 6.43. The van der Waals surface area contributed by atoms with Gasteiger partial charge >= 0.3 is 6.03 Å². The van der Waals surface area contributed by atoms with E-state index in [0.717, 1.165) is 5.56 Å². The summed E-state index contributed by atoms with van der Waals surface area (Å²) in [4.78, 5) is 25.2. The van der Waals surface area contributed by atoms with Gasteiger partial charge in [-0.2, -0.15) is 0 Å². The van der Waals surface area contributed by atoms with Crippen LogP contribution in [-0.2, 0) is 11.3 Å². The van der Waals surface area contributed by atoms with Crippen molar-refractivity contribution < 1.29 is 9.59 Å². The van der Waals surface area contributed by atoms with E-state index in [0.29, 0.717) is 24.6 Å². The second kappa shape index (κ2) is 5.30. The SMILES string of the molecule is CC(C)CC1NC(=O)N(Cc2ccc(N)cc2)C1=O. The molecule has 2 rings (SSSR count). The fourth-order valence-electron chi connectivity index (χ4n) is 2.16. The Labute approximate surface area is 112 Å². The van der Waals surface area contributed by atoms with Crippen LogP contribution in [0.3, 0.4) is 0 Å². The van der Waals surface area contributed by atoms with Gasteiger partial charge in [0.1, 0.15) is 6.04 Å². The van der Waals surface area contributed by atoms with Crippen molar-refractivity contribution in [2.24, 2.45) is 5.92 Å². The number of urea groups is 1. The summed E-state index contributed by atoms with van der Waals surface area (Å²) in [5.41, 5.74) is 7.16. The van der Waals surface area contributed by atoms with E-state index in [2.05, 4.69) is 5.32 Å². The minimum absolute atomic E-state index is 0.143. The summed E-state index contributed by atoms with van der Waals surface area (Å²) in [6, 6.07) is 6.48. The van der Waals surface area contributed by atoms with Gasteiger partial charge in [0, 0.05) is 5.69 Å². The lowest BCUT2D eigenvalue weighted by Crippen LogP contribution is -2.31. The molecule has 1 heterocycles. The molecule has 0 spiro atoms. The van der Waals surface area contributed by atoms with Gasteiger partial charge < -0.3 is 11.1 Å². The molecule has 1 aliphatic heterocycles. The third-order valence-corrected chi connectivity index (χ3v) is 3.13. The molecule has 1 aromatic carbocycles. The van der Waals surface area contributed by atoms with Crippen molar-refractivity contribution in [3.63, 3.8) is 0 Å². The lowest BCUT2D eigenvalue weighted by atomic mass is 10.0. The van der Waals surface area contributed by atoms with Crippen molar-refractivity contribution in [2.75, 3.05) is 5.73 Å². The van der Waals surface area contributed by atoms with Crippen molar-refractivity contribution in [1.29, 1.82) is 0 Å². The Hall–Kier alpha value is -2.04. The molecule has 0 aliphatic carbocycles. The van der Waals surface area contributed by atoms with Crippen LogP contribution in [0.4, 0.5) is 10.5 Å². The summed E-state index contributed by atoms with van der Waals surface area (Å²) in [6.07, 6.45) is 0.669. The molecule has 19 heavy (non-hydrogen) atoms. The highest BCUT2D eigenvalue weighted by atomic mass is 16.2. The van der Waals surface area contributed by atoms with Gasteiger partial charge in [-0.25, -0.2) is 4.79 Å². The Kier molecular flexibility index (Phi) is 3.74. The van der Waals surface area contributed by atoms with Gasteiger partial charge in [0.15, 0.2) is 0 Å². The Bertz CT molecular complexity index is 482. The number of nitrogen functional groups attached to an aromatic ring is 1. The average molecular weight is 261 g/mol. The van der Waals surface area contributed by atoms with E-state index < -0.39 is 0 Å². The highest BCUT2D eigenvalue weighted by Crippen LogP contribution is 2.17. The smallest absolute Gasteiger partial charge is 0.325 e. The average Bonchev–Trinajstić information content (AvgIpc) is 2.59. The van der Waals surface area contributed by atoms with Crippen LogP contribution in [0.1, 0.15) is 25.8 Å². The highest BCUT2D eigenvalue weighted by molar-refractivity contribution is 6.04. The van der Waals surface area contributed by atoms with Crippen LogP contribution < -0.4 is 11.1 Å². The molecule has 3 amide bonds. The lowest BCUT2D eigenvalue weighted by molar-refractivity contribution is -0.128. The van der Waals surface area contributed by atoms with Gasteiger partial charge in [-0.05, 0) is 30.0 Å². The fourth-order valence-corrected chi connectivity index (χ4v) is 2.16. The molecule has 1 aliphatic rings. The lowest BCUT2D eigenvalue weighted by Gasteiger charge is -2.14. The Morgan fingerprint density at radius 2 is 1.89 bits per heavy atom. The molecule has 5 heteroatoms. The van der Waals surface area contributed by atoms with Gasteiger partial charge in [0.2, 0.25) is 0 Å². The van der Waals surface area contributed by atoms with Crippen LogP contribution in [-0.4, -0.2) is 22.9 Å². The first-order chi connectivity index (χ1) is 8.97. The van der Waals surface area contributed by atoms with Crippen molar-refractivity contribution in [3.05, 3.63) is 29.8 Å². The van der Waals surface area contributed by atoms with E-state index in [4.69, 9.17) is 5.73 Å². The molecule has 1 aromatic rings. The fraction of sp³-hybridized carbons (Fsp3) is 0.429. The highest BCUT2D eigenvalue weighted by Gasteiger charge is 2.37. The van der Waals surface area contributed by atoms with E-state index in [1.807, 2.05) is 26.0 Å². The number of carbonyl (C=O) groups excluding carboxylic acids is 2. The maximum Gasteiger partial charge on any atom is 0.325 e. The Morgan fingerprint density at radius 1 is 1.26 bits per heavy atom.